The van der Waals surface area contributed by atoms with Gasteiger partial charge in [0.25, 0.3) is 0 Å². The predicted molar refractivity (Wildman–Crippen MR) is 54.2 cm³/mol. The summed E-state index contributed by atoms with van der Waals surface area (Å²) in [6.45, 7) is 3.18. The zero-order valence-corrected chi connectivity index (χ0v) is 8.72. The second-order valence-corrected chi connectivity index (χ2v) is 3.65. The van der Waals surface area contributed by atoms with Crippen LogP contribution in [0.5, 0.6) is 0 Å². The van der Waals surface area contributed by atoms with Crippen LogP contribution in [0, 0.1) is 6.92 Å². The Balaban J connectivity index is 2.00. The highest BCUT2D eigenvalue weighted by molar-refractivity contribution is 5.23. The van der Waals surface area contributed by atoms with E-state index in [-0.39, 0.29) is 6.29 Å². The van der Waals surface area contributed by atoms with Crippen molar-refractivity contribution in [1.82, 2.24) is 4.98 Å². The zero-order chi connectivity index (χ0) is 10.7. The Morgan fingerprint density at radius 1 is 1.53 bits per heavy atom. The molecule has 0 spiro atoms. The highest BCUT2D eigenvalue weighted by atomic mass is 16.7. The molecular weight excluding hydrogens is 194 g/mol. The molecule has 1 aliphatic rings. The molecule has 1 fully saturated rings. The molecule has 1 saturated heterocycles. The van der Waals surface area contributed by atoms with Crippen molar-refractivity contribution < 1.29 is 14.6 Å². The lowest BCUT2D eigenvalue weighted by atomic mass is 10.0. The molecule has 0 amide bonds. The minimum Gasteiger partial charge on any atom is -0.388 e. The van der Waals surface area contributed by atoms with Crippen molar-refractivity contribution in [2.45, 2.75) is 25.7 Å². The van der Waals surface area contributed by atoms with Crippen molar-refractivity contribution in [2.24, 2.45) is 0 Å². The highest BCUT2D eigenvalue weighted by Crippen LogP contribution is 2.23. The molecular formula is C11H15NO3. The normalized spacial score (nSPS) is 19.3. The van der Waals surface area contributed by atoms with Crippen molar-refractivity contribution in [3.05, 3.63) is 29.6 Å². The van der Waals surface area contributed by atoms with Gasteiger partial charge in [0.1, 0.15) is 0 Å². The smallest absolute Gasteiger partial charge is 0.160 e. The summed E-state index contributed by atoms with van der Waals surface area (Å²) >= 11 is 0. The largest absolute Gasteiger partial charge is 0.388 e. The van der Waals surface area contributed by atoms with Crippen LogP contribution < -0.4 is 0 Å². The Hall–Kier alpha value is -0.970. The van der Waals surface area contributed by atoms with E-state index in [9.17, 15) is 5.11 Å². The van der Waals surface area contributed by atoms with Gasteiger partial charge in [-0.05, 0) is 18.6 Å². The van der Waals surface area contributed by atoms with E-state index in [2.05, 4.69) is 4.98 Å². The van der Waals surface area contributed by atoms with Gasteiger partial charge in [-0.3, -0.25) is 4.98 Å². The molecule has 4 heteroatoms. The lowest BCUT2D eigenvalue weighted by Crippen LogP contribution is -2.14. The molecule has 4 nitrogen and oxygen atoms in total. The quantitative estimate of drug-likeness (QED) is 0.812. The first kappa shape index (κ1) is 10.5. The van der Waals surface area contributed by atoms with Gasteiger partial charge in [-0.1, -0.05) is 0 Å². The van der Waals surface area contributed by atoms with Gasteiger partial charge in [0.2, 0.25) is 0 Å². The third kappa shape index (κ3) is 2.53. The Kier molecular flexibility index (Phi) is 3.30. The third-order valence-electron chi connectivity index (χ3n) is 2.55. The molecule has 82 valence electrons. The van der Waals surface area contributed by atoms with E-state index in [1.165, 1.54) is 0 Å². The maximum absolute atomic E-state index is 9.96. The SMILES string of the molecule is Cc1ccncc1C(O)CC1OCCO1. The second kappa shape index (κ2) is 4.70. The van der Waals surface area contributed by atoms with Gasteiger partial charge in [0, 0.05) is 24.4 Å². The molecule has 0 bridgehead atoms. The van der Waals surface area contributed by atoms with Crippen molar-refractivity contribution in [3.8, 4) is 0 Å². The molecule has 1 unspecified atom stereocenters. The number of hydrogen-bond donors (Lipinski definition) is 1. The monoisotopic (exact) mass is 209 g/mol. The number of hydrogen-bond acceptors (Lipinski definition) is 4. The van der Waals surface area contributed by atoms with Gasteiger partial charge in [0.05, 0.1) is 19.3 Å². The number of aliphatic hydroxyl groups is 1. The summed E-state index contributed by atoms with van der Waals surface area (Å²) in [5, 5.41) is 9.96. The summed E-state index contributed by atoms with van der Waals surface area (Å²) < 4.78 is 10.6. The predicted octanol–water partition coefficient (Wildman–Crippen LogP) is 1.19. The lowest BCUT2D eigenvalue weighted by molar-refractivity contribution is -0.0708. The molecule has 2 rings (SSSR count). The molecule has 15 heavy (non-hydrogen) atoms. The third-order valence-corrected chi connectivity index (χ3v) is 2.55. The van der Waals surface area contributed by atoms with E-state index in [0.717, 1.165) is 11.1 Å². The number of aliphatic hydroxyl groups excluding tert-OH is 1. The van der Waals surface area contributed by atoms with Crippen LogP contribution in [0.3, 0.4) is 0 Å². The van der Waals surface area contributed by atoms with E-state index in [1.54, 1.807) is 12.4 Å². The first-order valence-corrected chi connectivity index (χ1v) is 5.09. The van der Waals surface area contributed by atoms with Gasteiger partial charge in [-0.2, -0.15) is 0 Å². The zero-order valence-electron chi connectivity index (χ0n) is 8.72. The summed E-state index contributed by atoms with van der Waals surface area (Å²) in [6.07, 6.45) is 3.02. The van der Waals surface area contributed by atoms with E-state index in [4.69, 9.17) is 9.47 Å². The van der Waals surface area contributed by atoms with Crippen LogP contribution in [-0.4, -0.2) is 29.6 Å². The Labute approximate surface area is 88.9 Å². The number of nitrogens with zero attached hydrogens (tertiary/aromatic N) is 1. The van der Waals surface area contributed by atoms with Crippen LogP contribution in [0.2, 0.25) is 0 Å². The van der Waals surface area contributed by atoms with Crippen LogP contribution in [0.25, 0.3) is 0 Å². The van der Waals surface area contributed by atoms with Crippen LogP contribution in [0.4, 0.5) is 0 Å². The van der Waals surface area contributed by atoms with E-state index in [0.29, 0.717) is 19.6 Å². The van der Waals surface area contributed by atoms with E-state index >= 15 is 0 Å². The fraction of sp³-hybridized carbons (Fsp3) is 0.545. The molecule has 0 aromatic carbocycles. The van der Waals surface area contributed by atoms with Crippen LogP contribution in [-0.2, 0) is 9.47 Å². The molecule has 1 N–H and O–H groups in total. The summed E-state index contributed by atoms with van der Waals surface area (Å²) in [7, 11) is 0. The summed E-state index contributed by atoms with van der Waals surface area (Å²) in [4.78, 5) is 4.00. The number of ether oxygens (including phenoxy) is 2. The maximum Gasteiger partial charge on any atom is 0.160 e. The number of pyridine rings is 1. The lowest BCUT2D eigenvalue weighted by Gasteiger charge is -2.16. The van der Waals surface area contributed by atoms with Crippen LogP contribution >= 0.6 is 0 Å². The molecule has 0 radical (unpaired) electrons. The fourth-order valence-corrected chi connectivity index (χ4v) is 1.68. The summed E-state index contributed by atoms with van der Waals surface area (Å²) in [5.41, 5.74) is 1.88. The topological polar surface area (TPSA) is 51.6 Å². The fourth-order valence-electron chi connectivity index (χ4n) is 1.68. The van der Waals surface area contributed by atoms with E-state index < -0.39 is 6.10 Å². The van der Waals surface area contributed by atoms with Crippen molar-refractivity contribution in [2.75, 3.05) is 13.2 Å². The average Bonchev–Trinajstić information content (AvgIpc) is 2.71. The number of rotatable bonds is 3. The number of aryl methyl sites for hydroxylation is 1. The molecule has 0 saturated carbocycles. The van der Waals surface area contributed by atoms with Crippen LogP contribution in [0.15, 0.2) is 18.5 Å². The van der Waals surface area contributed by atoms with Gasteiger partial charge < -0.3 is 14.6 Å². The van der Waals surface area contributed by atoms with Gasteiger partial charge in [-0.25, -0.2) is 0 Å². The average molecular weight is 209 g/mol. The second-order valence-electron chi connectivity index (χ2n) is 3.65. The molecule has 1 aromatic heterocycles. The van der Waals surface area contributed by atoms with Crippen molar-refractivity contribution in [3.63, 3.8) is 0 Å². The Bertz CT molecular complexity index is 323. The summed E-state index contributed by atoms with van der Waals surface area (Å²) in [5.74, 6) is 0. The number of aromatic nitrogens is 1. The maximum atomic E-state index is 9.96. The van der Waals surface area contributed by atoms with Crippen LogP contribution in [0.1, 0.15) is 23.7 Å². The van der Waals surface area contributed by atoms with E-state index in [1.807, 2.05) is 13.0 Å². The molecule has 1 atom stereocenters. The molecule has 1 aliphatic heterocycles. The molecule has 2 heterocycles. The van der Waals surface area contributed by atoms with Crippen molar-refractivity contribution in [1.29, 1.82) is 0 Å². The highest BCUT2D eigenvalue weighted by Gasteiger charge is 2.21. The first-order valence-electron chi connectivity index (χ1n) is 5.09. The molecule has 0 aliphatic carbocycles. The minimum absolute atomic E-state index is 0.278. The Morgan fingerprint density at radius 3 is 2.93 bits per heavy atom. The minimum atomic E-state index is -0.568. The Morgan fingerprint density at radius 2 is 2.27 bits per heavy atom. The van der Waals surface area contributed by atoms with Gasteiger partial charge in [0.15, 0.2) is 6.29 Å². The van der Waals surface area contributed by atoms with Gasteiger partial charge >= 0.3 is 0 Å². The van der Waals surface area contributed by atoms with Gasteiger partial charge in [-0.15, -0.1) is 0 Å². The summed E-state index contributed by atoms with van der Waals surface area (Å²) in [6, 6.07) is 1.88. The standard InChI is InChI=1S/C11H15NO3/c1-8-2-3-12-7-9(8)10(13)6-11-14-4-5-15-11/h2-3,7,10-11,13H,4-6H2,1H3. The first-order chi connectivity index (χ1) is 7.27. The van der Waals surface area contributed by atoms with Crippen molar-refractivity contribution >= 4 is 0 Å². The molecule has 1 aromatic rings.